The smallest absolute Gasteiger partial charge is 0.126 e. The number of hydrogen-bond donors (Lipinski definition) is 0. The molecule has 0 N–H and O–H groups in total. The van der Waals surface area contributed by atoms with Crippen molar-refractivity contribution in [1.82, 2.24) is 0 Å². The molecular formula is C58H26F4. The largest absolute Gasteiger partial charge is 0.207 e. The van der Waals surface area contributed by atoms with E-state index in [-0.39, 0.29) is 0 Å². The van der Waals surface area contributed by atoms with Crippen LogP contribution in [-0.2, 0) is 0 Å². The molecule has 0 saturated heterocycles. The number of benzene rings is 12. The monoisotopic (exact) mass is 798 g/mol. The summed E-state index contributed by atoms with van der Waals surface area (Å²) in [5.74, 6) is -2.75. The van der Waals surface area contributed by atoms with Crippen LogP contribution in [0, 0.1) is 23.3 Å². The Morgan fingerprint density at radius 3 is 1.08 bits per heavy atom. The molecule has 14 aromatic carbocycles. The van der Waals surface area contributed by atoms with Crippen molar-refractivity contribution in [3.63, 3.8) is 0 Å². The summed E-state index contributed by atoms with van der Waals surface area (Å²) >= 11 is 0. The molecule has 0 spiro atoms. The summed E-state index contributed by atoms with van der Waals surface area (Å²) in [6, 6.07) is 50.4. The average Bonchev–Trinajstić information content (AvgIpc) is 3.90. The molecule has 1 aliphatic carbocycles. The van der Waals surface area contributed by atoms with Crippen molar-refractivity contribution >= 4 is 108 Å². The van der Waals surface area contributed by atoms with Crippen LogP contribution in [0.1, 0.15) is 0 Å². The number of halogens is 4. The van der Waals surface area contributed by atoms with Gasteiger partial charge < -0.3 is 0 Å². The highest BCUT2D eigenvalue weighted by atomic mass is 19.1. The van der Waals surface area contributed by atoms with Crippen molar-refractivity contribution in [3.05, 3.63) is 181 Å². The van der Waals surface area contributed by atoms with Crippen molar-refractivity contribution in [3.8, 4) is 44.5 Å². The van der Waals surface area contributed by atoms with Gasteiger partial charge in [-0.05, 0) is 189 Å². The third kappa shape index (κ3) is 3.90. The molecule has 0 heterocycles. The zero-order valence-corrected chi connectivity index (χ0v) is 32.5. The minimum atomic E-state index is -0.688. The van der Waals surface area contributed by atoms with Gasteiger partial charge in [0.05, 0.1) is 0 Å². The van der Waals surface area contributed by atoms with Crippen LogP contribution >= 0.6 is 0 Å². The van der Waals surface area contributed by atoms with Crippen LogP contribution in [0.4, 0.5) is 17.6 Å². The lowest BCUT2D eigenvalue weighted by Crippen LogP contribution is -1.92. The van der Waals surface area contributed by atoms with Crippen molar-refractivity contribution in [1.29, 1.82) is 0 Å². The second kappa shape index (κ2) is 11.1. The Kier molecular flexibility index (Phi) is 5.90. The van der Waals surface area contributed by atoms with Crippen molar-refractivity contribution < 1.29 is 17.6 Å². The molecule has 62 heavy (non-hydrogen) atoms. The SMILES string of the molecule is Fc1cc(F)cc(-c2c3cc4c(cc3c(-c3cc(F)cc(F)c3)c3c5ccc6c7ccc8c9c(ccc(c%10ccc(c23)c5c%106)c97)-c2ccccc2-8)c2cccc3cccc4c32)c1. The Bertz CT molecular complexity index is 4060. The van der Waals surface area contributed by atoms with Gasteiger partial charge in [-0.15, -0.1) is 0 Å². The van der Waals surface area contributed by atoms with Crippen LogP contribution in [0.25, 0.3) is 152 Å². The lowest BCUT2D eigenvalue weighted by molar-refractivity contribution is 0.583. The second-order valence-corrected chi connectivity index (χ2v) is 17.2. The van der Waals surface area contributed by atoms with Crippen molar-refractivity contribution in [2.24, 2.45) is 0 Å². The van der Waals surface area contributed by atoms with Crippen LogP contribution < -0.4 is 0 Å². The van der Waals surface area contributed by atoms with Gasteiger partial charge >= 0.3 is 0 Å². The molecule has 0 aliphatic heterocycles. The predicted octanol–water partition coefficient (Wildman–Crippen LogP) is 17.1. The first-order valence-electron chi connectivity index (χ1n) is 20.8. The van der Waals surface area contributed by atoms with E-state index in [1.165, 1.54) is 57.3 Å². The van der Waals surface area contributed by atoms with Gasteiger partial charge in [0.25, 0.3) is 0 Å². The van der Waals surface area contributed by atoms with Gasteiger partial charge in [-0.2, -0.15) is 0 Å². The van der Waals surface area contributed by atoms with E-state index in [1.54, 1.807) is 0 Å². The summed E-state index contributed by atoms with van der Waals surface area (Å²) in [4.78, 5) is 0. The molecule has 0 radical (unpaired) electrons. The maximum atomic E-state index is 15.6. The van der Waals surface area contributed by atoms with Gasteiger partial charge in [-0.1, -0.05) is 109 Å². The highest BCUT2D eigenvalue weighted by Gasteiger charge is 2.29. The van der Waals surface area contributed by atoms with Crippen molar-refractivity contribution in [2.75, 3.05) is 0 Å². The Morgan fingerprint density at radius 1 is 0.226 bits per heavy atom. The normalized spacial score (nSPS) is 12.8. The molecule has 0 unspecified atom stereocenters. The van der Waals surface area contributed by atoms with E-state index in [0.29, 0.717) is 22.3 Å². The summed E-state index contributed by atoms with van der Waals surface area (Å²) < 4.78 is 62.3. The van der Waals surface area contributed by atoms with Gasteiger partial charge in [-0.3, -0.25) is 0 Å². The highest BCUT2D eigenvalue weighted by molar-refractivity contribution is 6.47. The van der Waals surface area contributed by atoms with Crippen LogP contribution in [0.3, 0.4) is 0 Å². The maximum Gasteiger partial charge on any atom is 0.126 e. The predicted molar refractivity (Wildman–Crippen MR) is 250 cm³/mol. The molecule has 0 bridgehead atoms. The molecule has 14 aromatic rings. The quantitative estimate of drug-likeness (QED) is 0.0928. The van der Waals surface area contributed by atoms with Crippen molar-refractivity contribution in [2.45, 2.75) is 0 Å². The lowest BCUT2D eigenvalue weighted by atomic mass is 9.85. The molecule has 15 rings (SSSR count). The van der Waals surface area contributed by atoms with Crippen LogP contribution in [0.5, 0.6) is 0 Å². The molecule has 0 fully saturated rings. The number of rotatable bonds is 2. The Balaban J connectivity index is 1.20. The summed E-state index contributed by atoms with van der Waals surface area (Å²) in [7, 11) is 0. The first-order valence-corrected chi connectivity index (χ1v) is 20.8. The van der Waals surface area contributed by atoms with Crippen LogP contribution in [-0.4, -0.2) is 0 Å². The van der Waals surface area contributed by atoms with E-state index < -0.39 is 23.3 Å². The minimum absolute atomic E-state index is 0.389. The number of hydrogen-bond acceptors (Lipinski definition) is 0. The molecule has 0 amide bonds. The van der Waals surface area contributed by atoms with E-state index in [4.69, 9.17) is 0 Å². The van der Waals surface area contributed by atoms with Gasteiger partial charge in [0.1, 0.15) is 23.3 Å². The zero-order valence-electron chi connectivity index (χ0n) is 32.5. The lowest BCUT2D eigenvalue weighted by Gasteiger charge is -2.18. The topological polar surface area (TPSA) is 0 Å². The molecule has 0 saturated carbocycles. The van der Waals surface area contributed by atoms with Gasteiger partial charge in [0.2, 0.25) is 0 Å². The first-order chi connectivity index (χ1) is 30.4. The Labute approximate surface area is 349 Å². The fraction of sp³-hybridized carbons (Fsp3) is 0. The van der Waals surface area contributed by atoms with E-state index in [1.807, 2.05) is 12.1 Å². The van der Waals surface area contributed by atoms with Crippen LogP contribution in [0.15, 0.2) is 158 Å². The minimum Gasteiger partial charge on any atom is -0.207 e. The molecule has 0 atom stereocenters. The summed E-state index contributed by atoms with van der Waals surface area (Å²) in [6.45, 7) is 0. The Hall–Kier alpha value is -7.82. The van der Waals surface area contributed by atoms with Gasteiger partial charge in [0.15, 0.2) is 0 Å². The third-order valence-electron chi connectivity index (χ3n) is 14.2. The number of fused-ring (bicyclic) bond motifs is 12. The van der Waals surface area contributed by atoms with Gasteiger partial charge in [0, 0.05) is 12.1 Å². The molecule has 286 valence electrons. The third-order valence-corrected chi connectivity index (χ3v) is 14.2. The summed E-state index contributed by atoms with van der Waals surface area (Å²) in [5, 5.41) is 20.3. The van der Waals surface area contributed by atoms with E-state index >= 15 is 17.6 Å². The maximum absolute atomic E-state index is 15.6. The summed E-state index contributed by atoms with van der Waals surface area (Å²) in [6.07, 6.45) is 0. The highest BCUT2D eigenvalue weighted by Crippen LogP contribution is 2.57. The van der Waals surface area contributed by atoms with Crippen LogP contribution in [0.2, 0.25) is 0 Å². The second-order valence-electron chi connectivity index (χ2n) is 17.2. The molecular weight excluding hydrogens is 773 g/mol. The average molecular weight is 799 g/mol. The molecule has 0 aromatic heterocycles. The first kappa shape index (κ1) is 33.0. The fourth-order valence-electron chi connectivity index (χ4n) is 12.0. The standard InChI is InChI=1S/C58H26F4/c59-30-19-28(20-31(60)23-30)51-48-25-46-36-9-3-5-27-6-4-10-37(50(27)36)47(46)26-49(48)52(29-21-32(61)24-33(62)22-29)58-45-18-16-43-41-14-12-39-35-8-2-1-7-34(35)38-11-13-40(54(41)53(38)39)42-15-17-44(57(51)58)56(45)55(42)43/h1-26H. The van der Waals surface area contributed by atoms with E-state index in [0.717, 1.165) is 109 Å². The fourth-order valence-corrected chi connectivity index (χ4v) is 12.0. The molecule has 4 heteroatoms. The molecule has 0 nitrogen and oxygen atoms in total. The Morgan fingerprint density at radius 2 is 0.613 bits per heavy atom. The van der Waals surface area contributed by atoms with E-state index in [2.05, 4.69) is 109 Å². The van der Waals surface area contributed by atoms with E-state index in [9.17, 15) is 0 Å². The summed E-state index contributed by atoms with van der Waals surface area (Å²) in [5.41, 5.74) is 7.06. The van der Waals surface area contributed by atoms with Gasteiger partial charge in [-0.25, -0.2) is 17.6 Å². The zero-order chi connectivity index (χ0) is 40.9. The molecule has 1 aliphatic rings.